The SMILES string of the molecule is CNc1ccc(C2=N/C(=C\c3[nH]c(C)cc3C)C(OC)=C2)cc1. The first-order chi connectivity index (χ1) is 11.1. The maximum absolute atomic E-state index is 5.49. The molecule has 3 rings (SSSR count). The van der Waals surface area contributed by atoms with E-state index in [0.717, 1.165) is 39.8 Å². The zero-order valence-corrected chi connectivity index (χ0v) is 13.9. The van der Waals surface area contributed by atoms with Gasteiger partial charge in [-0.25, -0.2) is 4.99 Å². The Morgan fingerprint density at radius 3 is 2.48 bits per heavy atom. The van der Waals surface area contributed by atoms with Crippen LogP contribution in [0.4, 0.5) is 5.69 Å². The number of aliphatic imine (C=N–C) groups is 1. The van der Waals surface area contributed by atoms with Crippen LogP contribution in [0.25, 0.3) is 6.08 Å². The van der Waals surface area contributed by atoms with E-state index in [9.17, 15) is 0 Å². The Hall–Kier alpha value is -2.75. The summed E-state index contributed by atoms with van der Waals surface area (Å²) in [6.07, 6.45) is 4.01. The minimum absolute atomic E-state index is 0.782. The molecule has 0 amide bonds. The largest absolute Gasteiger partial charge is 0.494 e. The first-order valence-corrected chi connectivity index (χ1v) is 7.61. The molecule has 23 heavy (non-hydrogen) atoms. The van der Waals surface area contributed by atoms with E-state index in [1.165, 1.54) is 5.56 Å². The van der Waals surface area contributed by atoms with Crippen LogP contribution in [0.2, 0.25) is 0 Å². The first-order valence-electron chi connectivity index (χ1n) is 7.61. The molecule has 0 saturated carbocycles. The lowest BCUT2D eigenvalue weighted by Crippen LogP contribution is -1.95. The molecule has 4 heteroatoms. The van der Waals surface area contributed by atoms with Gasteiger partial charge in [0.2, 0.25) is 0 Å². The zero-order valence-electron chi connectivity index (χ0n) is 13.9. The molecule has 1 aromatic carbocycles. The summed E-state index contributed by atoms with van der Waals surface area (Å²) in [6, 6.07) is 10.3. The number of aromatic nitrogens is 1. The van der Waals surface area contributed by atoms with E-state index in [4.69, 9.17) is 9.73 Å². The van der Waals surface area contributed by atoms with E-state index in [-0.39, 0.29) is 0 Å². The number of rotatable bonds is 4. The van der Waals surface area contributed by atoms with Crippen molar-refractivity contribution in [2.45, 2.75) is 13.8 Å². The maximum atomic E-state index is 5.49. The van der Waals surface area contributed by atoms with E-state index >= 15 is 0 Å². The van der Waals surface area contributed by atoms with E-state index in [0.29, 0.717) is 0 Å². The molecule has 118 valence electrons. The summed E-state index contributed by atoms with van der Waals surface area (Å²) in [7, 11) is 3.58. The number of benzene rings is 1. The highest BCUT2D eigenvalue weighted by molar-refractivity contribution is 6.12. The van der Waals surface area contributed by atoms with Crippen molar-refractivity contribution in [3.05, 3.63) is 70.4 Å². The molecule has 0 spiro atoms. The van der Waals surface area contributed by atoms with Gasteiger partial charge in [-0.2, -0.15) is 0 Å². The van der Waals surface area contributed by atoms with Crippen molar-refractivity contribution in [1.82, 2.24) is 4.98 Å². The molecule has 0 unspecified atom stereocenters. The number of hydrogen-bond donors (Lipinski definition) is 2. The molecule has 2 aromatic rings. The number of hydrogen-bond acceptors (Lipinski definition) is 3. The van der Waals surface area contributed by atoms with Gasteiger partial charge in [0, 0.05) is 35.8 Å². The summed E-state index contributed by atoms with van der Waals surface area (Å²) >= 11 is 0. The van der Waals surface area contributed by atoms with Crippen LogP contribution in [0, 0.1) is 13.8 Å². The predicted molar refractivity (Wildman–Crippen MR) is 95.9 cm³/mol. The molecule has 0 aliphatic carbocycles. The van der Waals surface area contributed by atoms with Gasteiger partial charge in [0.15, 0.2) is 0 Å². The minimum atomic E-state index is 0.782. The van der Waals surface area contributed by atoms with E-state index in [2.05, 4.69) is 42.3 Å². The second-order valence-electron chi connectivity index (χ2n) is 5.62. The van der Waals surface area contributed by atoms with Crippen LogP contribution in [-0.2, 0) is 4.74 Å². The molecule has 0 fully saturated rings. The number of H-pyrrole nitrogens is 1. The summed E-state index contributed by atoms with van der Waals surface area (Å²) in [5, 5.41) is 3.12. The molecule has 0 saturated heterocycles. The monoisotopic (exact) mass is 307 g/mol. The van der Waals surface area contributed by atoms with Crippen LogP contribution in [0.3, 0.4) is 0 Å². The van der Waals surface area contributed by atoms with Gasteiger partial charge in [0.25, 0.3) is 0 Å². The van der Waals surface area contributed by atoms with Gasteiger partial charge in [-0.3, -0.25) is 0 Å². The van der Waals surface area contributed by atoms with Crippen molar-refractivity contribution < 1.29 is 4.74 Å². The van der Waals surface area contributed by atoms with Crippen LogP contribution in [0.1, 0.15) is 22.5 Å². The summed E-state index contributed by atoms with van der Waals surface area (Å²) in [4.78, 5) is 8.08. The molecule has 2 N–H and O–H groups in total. The summed E-state index contributed by atoms with van der Waals surface area (Å²) in [5.74, 6) is 0.782. The van der Waals surface area contributed by atoms with Gasteiger partial charge in [-0.05, 0) is 43.7 Å². The van der Waals surface area contributed by atoms with Gasteiger partial charge in [-0.15, -0.1) is 0 Å². The van der Waals surface area contributed by atoms with Crippen LogP contribution in [0.15, 0.2) is 52.9 Å². The van der Waals surface area contributed by atoms with Crippen LogP contribution >= 0.6 is 0 Å². The average Bonchev–Trinajstić information content (AvgIpc) is 3.10. The Morgan fingerprint density at radius 2 is 1.91 bits per heavy atom. The number of allylic oxidation sites excluding steroid dienone is 1. The van der Waals surface area contributed by atoms with Crippen molar-refractivity contribution >= 4 is 17.5 Å². The molecule has 1 aromatic heterocycles. The fourth-order valence-corrected chi connectivity index (χ4v) is 2.67. The number of aromatic amines is 1. The van der Waals surface area contributed by atoms with E-state index in [1.54, 1.807) is 7.11 Å². The summed E-state index contributed by atoms with van der Waals surface area (Å²) in [5.41, 5.74) is 7.31. The number of methoxy groups -OCH3 is 1. The molecular weight excluding hydrogens is 286 g/mol. The van der Waals surface area contributed by atoms with Crippen LogP contribution < -0.4 is 5.32 Å². The van der Waals surface area contributed by atoms with E-state index < -0.39 is 0 Å². The third-order valence-electron chi connectivity index (χ3n) is 3.92. The molecule has 1 aliphatic heterocycles. The molecule has 1 aliphatic rings. The van der Waals surface area contributed by atoms with Gasteiger partial charge < -0.3 is 15.0 Å². The highest BCUT2D eigenvalue weighted by Crippen LogP contribution is 2.26. The second kappa shape index (κ2) is 6.16. The average molecular weight is 307 g/mol. The smallest absolute Gasteiger partial charge is 0.146 e. The second-order valence-corrected chi connectivity index (χ2v) is 5.62. The normalized spacial score (nSPS) is 15.6. The Bertz CT molecular complexity index is 808. The minimum Gasteiger partial charge on any atom is -0.494 e. The molecule has 0 bridgehead atoms. The zero-order chi connectivity index (χ0) is 16.4. The fourth-order valence-electron chi connectivity index (χ4n) is 2.67. The van der Waals surface area contributed by atoms with Gasteiger partial charge in [0.05, 0.1) is 12.8 Å². The van der Waals surface area contributed by atoms with Crippen molar-refractivity contribution in [2.75, 3.05) is 19.5 Å². The highest BCUT2D eigenvalue weighted by atomic mass is 16.5. The molecule has 0 atom stereocenters. The number of nitrogens with zero attached hydrogens (tertiary/aromatic N) is 1. The Kier molecular flexibility index (Phi) is 4.06. The van der Waals surface area contributed by atoms with Gasteiger partial charge in [-0.1, -0.05) is 12.1 Å². The van der Waals surface area contributed by atoms with E-state index in [1.807, 2.05) is 31.3 Å². The van der Waals surface area contributed by atoms with Crippen LogP contribution in [-0.4, -0.2) is 24.9 Å². The Morgan fingerprint density at radius 1 is 1.17 bits per heavy atom. The predicted octanol–water partition coefficient (Wildman–Crippen LogP) is 4.05. The lowest BCUT2D eigenvalue weighted by atomic mass is 10.1. The topological polar surface area (TPSA) is 49.4 Å². The van der Waals surface area contributed by atoms with Crippen molar-refractivity contribution in [3.8, 4) is 0 Å². The third kappa shape index (κ3) is 3.06. The molecule has 4 nitrogen and oxygen atoms in total. The lowest BCUT2D eigenvalue weighted by molar-refractivity contribution is 0.303. The Labute approximate surface area is 136 Å². The van der Waals surface area contributed by atoms with Crippen molar-refractivity contribution in [3.63, 3.8) is 0 Å². The summed E-state index contributed by atoms with van der Waals surface area (Å²) < 4.78 is 5.49. The number of anilines is 1. The highest BCUT2D eigenvalue weighted by Gasteiger charge is 2.17. The fraction of sp³-hybridized carbons (Fsp3) is 0.211. The van der Waals surface area contributed by atoms with Crippen molar-refractivity contribution in [1.29, 1.82) is 0 Å². The van der Waals surface area contributed by atoms with Crippen LogP contribution in [0.5, 0.6) is 0 Å². The third-order valence-corrected chi connectivity index (χ3v) is 3.92. The van der Waals surface area contributed by atoms with Gasteiger partial charge in [0.1, 0.15) is 11.5 Å². The number of aryl methyl sites for hydroxylation is 2. The molecule has 2 heterocycles. The number of ether oxygens (including phenoxy) is 1. The maximum Gasteiger partial charge on any atom is 0.146 e. The summed E-state index contributed by atoms with van der Waals surface area (Å²) in [6.45, 7) is 4.14. The molecular formula is C19H21N3O. The lowest BCUT2D eigenvalue weighted by Gasteiger charge is -2.01. The van der Waals surface area contributed by atoms with Crippen molar-refractivity contribution in [2.24, 2.45) is 4.99 Å². The van der Waals surface area contributed by atoms with Gasteiger partial charge >= 0.3 is 0 Å². The Balaban J connectivity index is 1.97. The standard InChI is InChI=1S/C19H21N3O/c1-12-9-13(2)21-16(12)10-18-19(23-4)11-17(22-18)14-5-7-15(20-3)8-6-14/h5-11,20-21H,1-4H3/b18-10-. The number of nitrogens with one attached hydrogen (secondary N) is 2. The molecule has 0 radical (unpaired) electrons. The first kappa shape index (κ1) is 15.2. The quantitative estimate of drug-likeness (QED) is 0.895.